The lowest BCUT2D eigenvalue weighted by molar-refractivity contribution is 0.469. The van der Waals surface area contributed by atoms with Gasteiger partial charge in [0.1, 0.15) is 17.3 Å². The number of para-hydroxylation sites is 1. The molecule has 0 atom stereocenters. The SMILES string of the molecule is Oc1cc(F)cc(-c2cccc3[nH]c(-c4n[nH]c5cnc(-c6ccccn6)cc45)nc23)c1. The van der Waals surface area contributed by atoms with Crippen molar-refractivity contribution in [1.82, 2.24) is 30.1 Å². The number of aromatic amines is 2. The Morgan fingerprint density at radius 3 is 2.66 bits per heavy atom. The number of hydrogen-bond acceptors (Lipinski definition) is 5. The smallest absolute Gasteiger partial charge is 0.159 e. The molecular formula is C24H15FN6O. The minimum atomic E-state index is -0.513. The molecule has 0 aliphatic rings. The second-order valence-electron chi connectivity index (χ2n) is 7.39. The van der Waals surface area contributed by atoms with E-state index >= 15 is 0 Å². The van der Waals surface area contributed by atoms with Crippen molar-refractivity contribution in [2.75, 3.05) is 0 Å². The average molecular weight is 422 g/mol. The molecule has 0 radical (unpaired) electrons. The average Bonchev–Trinajstić information content (AvgIpc) is 3.42. The summed E-state index contributed by atoms with van der Waals surface area (Å²) < 4.78 is 13.9. The van der Waals surface area contributed by atoms with Gasteiger partial charge in [-0.05, 0) is 42.0 Å². The summed E-state index contributed by atoms with van der Waals surface area (Å²) in [6.45, 7) is 0. The number of rotatable bonds is 3. The largest absolute Gasteiger partial charge is 0.508 e. The van der Waals surface area contributed by atoms with Gasteiger partial charge in [-0.2, -0.15) is 5.10 Å². The van der Waals surface area contributed by atoms with Crippen molar-refractivity contribution in [3.63, 3.8) is 0 Å². The number of phenols is 1. The number of hydrogen-bond donors (Lipinski definition) is 3. The zero-order chi connectivity index (χ0) is 21.7. The van der Waals surface area contributed by atoms with E-state index in [4.69, 9.17) is 4.98 Å². The topological polar surface area (TPSA) is 103 Å². The fourth-order valence-corrected chi connectivity index (χ4v) is 3.86. The molecule has 8 heteroatoms. The maximum Gasteiger partial charge on any atom is 0.159 e. The quantitative estimate of drug-likeness (QED) is 0.369. The Hall–Kier alpha value is -4.59. The molecule has 0 amide bonds. The first-order chi connectivity index (χ1) is 15.7. The lowest BCUT2D eigenvalue weighted by Gasteiger charge is -2.04. The van der Waals surface area contributed by atoms with Crippen LogP contribution in [0.15, 0.2) is 73.1 Å². The van der Waals surface area contributed by atoms with Gasteiger partial charge in [-0.25, -0.2) is 9.37 Å². The third kappa shape index (κ3) is 2.97. The van der Waals surface area contributed by atoms with Crippen molar-refractivity contribution in [2.24, 2.45) is 0 Å². The van der Waals surface area contributed by atoms with Gasteiger partial charge in [-0.3, -0.25) is 15.1 Å². The first-order valence-electron chi connectivity index (χ1n) is 9.90. The summed E-state index contributed by atoms with van der Waals surface area (Å²) in [4.78, 5) is 16.9. The highest BCUT2D eigenvalue weighted by Crippen LogP contribution is 2.33. The number of halogens is 1. The number of aromatic nitrogens is 6. The lowest BCUT2D eigenvalue weighted by atomic mass is 10.0. The van der Waals surface area contributed by atoms with E-state index in [0.29, 0.717) is 28.2 Å². The molecule has 6 rings (SSSR count). The molecule has 0 saturated heterocycles. The monoisotopic (exact) mass is 422 g/mol. The standard InChI is InChI=1S/C24H15FN6O/c25-14-8-13(9-15(32)10-14)16-4-3-6-19-22(16)29-24(28-19)23-17-11-20(18-5-1-2-7-26-18)27-12-21(17)30-31-23/h1-12,32H,(H,28,29)(H,30,31). The number of H-pyrrole nitrogens is 2. The van der Waals surface area contributed by atoms with E-state index in [1.807, 2.05) is 42.5 Å². The Morgan fingerprint density at radius 1 is 0.875 bits per heavy atom. The molecule has 7 nitrogen and oxygen atoms in total. The van der Waals surface area contributed by atoms with E-state index in [0.717, 1.165) is 33.9 Å². The number of nitrogens with zero attached hydrogens (tertiary/aromatic N) is 4. The molecule has 4 aromatic heterocycles. The summed E-state index contributed by atoms with van der Waals surface area (Å²) in [5, 5.41) is 18.1. The van der Waals surface area contributed by atoms with Gasteiger partial charge in [0.25, 0.3) is 0 Å². The van der Waals surface area contributed by atoms with Crippen molar-refractivity contribution in [1.29, 1.82) is 0 Å². The van der Waals surface area contributed by atoms with Crippen molar-refractivity contribution >= 4 is 21.9 Å². The fourth-order valence-electron chi connectivity index (χ4n) is 3.86. The molecule has 32 heavy (non-hydrogen) atoms. The van der Waals surface area contributed by atoms with Gasteiger partial charge in [0, 0.05) is 23.2 Å². The predicted octanol–water partition coefficient (Wildman–Crippen LogP) is 5.07. The Balaban J connectivity index is 1.52. The lowest BCUT2D eigenvalue weighted by Crippen LogP contribution is -1.87. The van der Waals surface area contributed by atoms with Crippen LogP contribution in [-0.2, 0) is 0 Å². The Labute approximate surface area is 180 Å². The zero-order valence-corrected chi connectivity index (χ0v) is 16.5. The van der Waals surface area contributed by atoms with Gasteiger partial charge in [-0.15, -0.1) is 0 Å². The maximum atomic E-state index is 13.9. The Bertz CT molecular complexity index is 1590. The van der Waals surface area contributed by atoms with Crippen LogP contribution in [0.3, 0.4) is 0 Å². The summed E-state index contributed by atoms with van der Waals surface area (Å²) in [5.41, 5.74) is 5.58. The van der Waals surface area contributed by atoms with E-state index in [9.17, 15) is 9.50 Å². The first-order valence-corrected chi connectivity index (χ1v) is 9.90. The highest BCUT2D eigenvalue weighted by atomic mass is 19.1. The van der Waals surface area contributed by atoms with E-state index in [2.05, 4.69) is 25.1 Å². The second kappa shape index (κ2) is 6.98. The summed E-state index contributed by atoms with van der Waals surface area (Å²) >= 11 is 0. The van der Waals surface area contributed by atoms with Crippen LogP contribution >= 0.6 is 0 Å². The molecular weight excluding hydrogens is 407 g/mol. The van der Waals surface area contributed by atoms with E-state index < -0.39 is 5.82 Å². The highest BCUT2D eigenvalue weighted by molar-refractivity contribution is 5.97. The number of benzene rings is 2. The molecule has 0 aliphatic heterocycles. The van der Waals surface area contributed by atoms with Crippen molar-refractivity contribution in [3.8, 4) is 39.8 Å². The van der Waals surface area contributed by atoms with Crippen LogP contribution in [0, 0.1) is 5.82 Å². The van der Waals surface area contributed by atoms with Gasteiger partial charge in [0.2, 0.25) is 0 Å². The van der Waals surface area contributed by atoms with Crippen LogP contribution in [0.1, 0.15) is 0 Å². The number of nitrogens with one attached hydrogen (secondary N) is 2. The van der Waals surface area contributed by atoms with Crippen LogP contribution in [-0.4, -0.2) is 35.2 Å². The van der Waals surface area contributed by atoms with Gasteiger partial charge in [0.15, 0.2) is 5.82 Å². The van der Waals surface area contributed by atoms with Crippen molar-refractivity contribution in [3.05, 3.63) is 78.9 Å². The number of pyridine rings is 2. The molecule has 4 heterocycles. The minimum Gasteiger partial charge on any atom is -0.508 e. The molecule has 0 bridgehead atoms. The maximum absolute atomic E-state index is 13.9. The summed E-state index contributed by atoms with van der Waals surface area (Å²) in [6.07, 6.45) is 3.45. The summed E-state index contributed by atoms with van der Waals surface area (Å²) in [5.74, 6) is -0.0845. The van der Waals surface area contributed by atoms with E-state index in [1.165, 1.54) is 12.1 Å². The minimum absolute atomic E-state index is 0.138. The third-order valence-corrected chi connectivity index (χ3v) is 5.31. The molecule has 0 spiro atoms. The number of phenolic OH excluding ortho intramolecular Hbond substituents is 1. The zero-order valence-electron chi connectivity index (χ0n) is 16.5. The van der Waals surface area contributed by atoms with Gasteiger partial charge in [-0.1, -0.05) is 18.2 Å². The van der Waals surface area contributed by atoms with E-state index in [1.54, 1.807) is 12.4 Å². The third-order valence-electron chi connectivity index (χ3n) is 5.31. The Morgan fingerprint density at radius 2 is 1.81 bits per heavy atom. The normalized spacial score (nSPS) is 11.4. The molecule has 0 unspecified atom stereocenters. The van der Waals surface area contributed by atoms with Gasteiger partial charge in [0.05, 0.1) is 34.1 Å². The molecule has 2 aromatic carbocycles. The molecule has 0 saturated carbocycles. The number of imidazole rings is 1. The summed E-state index contributed by atoms with van der Waals surface area (Å²) in [6, 6.07) is 17.1. The highest BCUT2D eigenvalue weighted by Gasteiger charge is 2.16. The van der Waals surface area contributed by atoms with Crippen LogP contribution in [0.5, 0.6) is 5.75 Å². The summed E-state index contributed by atoms with van der Waals surface area (Å²) in [7, 11) is 0. The molecule has 0 aliphatic carbocycles. The van der Waals surface area contributed by atoms with Crippen LogP contribution < -0.4 is 0 Å². The molecule has 6 aromatic rings. The Kier molecular flexibility index (Phi) is 3.97. The number of aromatic hydroxyl groups is 1. The van der Waals surface area contributed by atoms with Crippen molar-refractivity contribution < 1.29 is 9.50 Å². The van der Waals surface area contributed by atoms with Crippen LogP contribution in [0.4, 0.5) is 4.39 Å². The van der Waals surface area contributed by atoms with E-state index in [-0.39, 0.29) is 5.75 Å². The first kappa shape index (κ1) is 18.2. The molecule has 0 fully saturated rings. The molecule has 154 valence electrons. The number of fused-ring (bicyclic) bond motifs is 2. The van der Waals surface area contributed by atoms with Crippen molar-refractivity contribution in [2.45, 2.75) is 0 Å². The predicted molar refractivity (Wildman–Crippen MR) is 119 cm³/mol. The molecule has 3 N–H and O–H groups in total. The van der Waals surface area contributed by atoms with Crippen LogP contribution in [0.2, 0.25) is 0 Å². The second-order valence-corrected chi connectivity index (χ2v) is 7.39. The fraction of sp³-hybridized carbons (Fsp3) is 0. The van der Waals surface area contributed by atoms with Gasteiger partial charge < -0.3 is 10.1 Å². The van der Waals surface area contributed by atoms with Crippen LogP contribution in [0.25, 0.3) is 56.0 Å². The van der Waals surface area contributed by atoms with Gasteiger partial charge >= 0.3 is 0 Å².